The zero-order valence-corrected chi connectivity index (χ0v) is 13.0. The quantitative estimate of drug-likeness (QED) is 0.731. The van der Waals surface area contributed by atoms with Crippen LogP contribution < -0.4 is 9.64 Å². The number of rotatable bonds is 8. The number of hydrogen-bond acceptors (Lipinski definition) is 5. The fourth-order valence-corrected chi connectivity index (χ4v) is 2.56. The predicted octanol–water partition coefficient (Wildman–Crippen LogP) is 1.31. The first-order valence-electron chi connectivity index (χ1n) is 7.60. The molecule has 122 valence electrons. The average molecular weight is 308 g/mol. The second-order valence-corrected chi connectivity index (χ2v) is 5.26. The fraction of sp³-hybridized carbons (Fsp3) is 0.562. The molecule has 0 unspecified atom stereocenters. The van der Waals surface area contributed by atoms with Crippen molar-refractivity contribution in [1.82, 2.24) is 4.90 Å². The zero-order valence-electron chi connectivity index (χ0n) is 13.0. The number of anilines is 1. The van der Waals surface area contributed by atoms with Crippen molar-refractivity contribution in [2.24, 2.45) is 0 Å². The lowest BCUT2D eigenvalue weighted by atomic mass is 10.2. The highest BCUT2D eigenvalue weighted by Gasteiger charge is 2.19. The summed E-state index contributed by atoms with van der Waals surface area (Å²) in [6.45, 7) is 5.57. The number of carboxylic acids is 1. The van der Waals surface area contributed by atoms with E-state index in [0.29, 0.717) is 6.61 Å². The van der Waals surface area contributed by atoms with Gasteiger partial charge in [-0.25, -0.2) is 0 Å². The molecule has 1 aromatic rings. The van der Waals surface area contributed by atoms with E-state index in [1.807, 2.05) is 18.2 Å². The normalized spacial score (nSPS) is 15.8. The first-order valence-corrected chi connectivity index (χ1v) is 7.60. The van der Waals surface area contributed by atoms with Crippen molar-refractivity contribution >= 4 is 11.7 Å². The summed E-state index contributed by atoms with van der Waals surface area (Å²) in [4.78, 5) is 15.1. The number of carbonyl (C=O) groups is 1. The summed E-state index contributed by atoms with van der Waals surface area (Å²) < 4.78 is 10.8. The molecule has 6 nitrogen and oxygen atoms in total. The number of ether oxygens (including phenoxy) is 2. The highest BCUT2D eigenvalue weighted by Crippen LogP contribution is 2.28. The van der Waals surface area contributed by atoms with Crippen molar-refractivity contribution in [3.05, 3.63) is 24.3 Å². The van der Waals surface area contributed by atoms with Crippen LogP contribution in [0.5, 0.6) is 5.75 Å². The van der Waals surface area contributed by atoms with Crippen molar-refractivity contribution < 1.29 is 19.4 Å². The van der Waals surface area contributed by atoms with Gasteiger partial charge in [-0.3, -0.25) is 9.69 Å². The minimum absolute atomic E-state index is 0.0710. The molecule has 0 aromatic heterocycles. The van der Waals surface area contributed by atoms with Crippen LogP contribution in [-0.2, 0) is 9.53 Å². The van der Waals surface area contributed by atoms with E-state index in [0.717, 1.165) is 44.2 Å². The van der Waals surface area contributed by atoms with Gasteiger partial charge in [0.2, 0.25) is 0 Å². The van der Waals surface area contributed by atoms with E-state index >= 15 is 0 Å². The Morgan fingerprint density at radius 1 is 1.18 bits per heavy atom. The minimum atomic E-state index is -0.814. The van der Waals surface area contributed by atoms with E-state index in [2.05, 4.69) is 15.9 Å². The highest BCUT2D eigenvalue weighted by molar-refractivity contribution is 5.66. The van der Waals surface area contributed by atoms with Gasteiger partial charge in [0, 0.05) is 32.7 Å². The number of benzene rings is 1. The Labute approximate surface area is 131 Å². The number of aliphatic carboxylic acids is 1. The van der Waals surface area contributed by atoms with Gasteiger partial charge in [0.15, 0.2) is 0 Å². The molecular formula is C16H24N2O4. The molecule has 0 atom stereocenters. The van der Waals surface area contributed by atoms with Crippen LogP contribution in [0.15, 0.2) is 24.3 Å². The zero-order chi connectivity index (χ0) is 15.8. The molecule has 1 N–H and O–H groups in total. The third kappa shape index (κ3) is 4.89. The number of hydrogen-bond donors (Lipinski definition) is 1. The topological polar surface area (TPSA) is 62.2 Å². The monoisotopic (exact) mass is 308 g/mol. The lowest BCUT2D eigenvalue weighted by Gasteiger charge is -2.36. The van der Waals surface area contributed by atoms with Crippen LogP contribution in [0.25, 0.3) is 0 Å². The number of carboxylic acid groups (broad SMARTS) is 1. The van der Waals surface area contributed by atoms with Crippen molar-refractivity contribution in [3.63, 3.8) is 0 Å². The van der Waals surface area contributed by atoms with Gasteiger partial charge < -0.3 is 19.5 Å². The van der Waals surface area contributed by atoms with E-state index in [9.17, 15) is 4.79 Å². The molecule has 1 aliphatic heterocycles. The van der Waals surface area contributed by atoms with Gasteiger partial charge in [-0.15, -0.1) is 0 Å². The van der Waals surface area contributed by atoms with Crippen LogP contribution in [0.3, 0.4) is 0 Å². The molecule has 1 fully saturated rings. The van der Waals surface area contributed by atoms with E-state index in [1.165, 1.54) is 0 Å². The maximum absolute atomic E-state index is 10.4. The molecule has 1 saturated heterocycles. The first-order chi connectivity index (χ1) is 10.7. The highest BCUT2D eigenvalue weighted by atomic mass is 16.5. The molecule has 1 aliphatic rings. The van der Waals surface area contributed by atoms with Gasteiger partial charge >= 0.3 is 5.97 Å². The van der Waals surface area contributed by atoms with Crippen molar-refractivity contribution in [3.8, 4) is 5.75 Å². The van der Waals surface area contributed by atoms with Crippen LogP contribution >= 0.6 is 0 Å². The van der Waals surface area contributed by atoms with Gasteiger partial charge in [-0.05, 0) is 12.1 Å². The maximum Gasteiger partial charge on any atom is 0.305 e. The smallest absolute Gasteiger partial charge is 0.305 e. The van der Waals surface area contributed by atoms with Crippen LogP contribution in [-0.4, -0.2) is 69.0 Å². The summed E-state index contributed by atoms with van der Waals surface area (Å²) in [7, 11) is 1.70. The number of methoxy groups -OCH3 is 1. The number of nitrogens with zero attached hydrogens (tertiary/aromatic N) is 2. The van der Waals surface area contributed by atoms with Crippen molar-refractivity contribution in [1.29, 1.82) is 0 Å². The summed E-state index contributed by atoms with van der Waals surface area (Å²) in [5, 5.41) is 8.54. The summed E-state index contributed by atoms with van der Waals surface area (Å²) >= 11 is 0. The Morgan fingerprint density at radius 3 is 2.59 bits per heavy atom. The van der Waals surface area contributed by atoms with Gasteiger partial charge in [0.05, 0.1) is 32.4 Å². The summed E-state index contributed by atoms with van der Waals surface area (Å²) in [6.07, 6.45) is 0.0710. The maximum atomic E-state index is 10.4. The Kier molecular flexibility index (Phi) is 6.48. The average Bonchev–Trinajstić information content (AvgIpc) is 2.55. The number of para-hydroxylation sites is 2. The Balaban J connectivity index is 1.70. The van der Waals surface area contributed by atoms with Crippen molar-refractivity contribution in [2.45, 2.75) is 6.42 Å². The van der Waals surface area contributed by atoms with Crippen LogP contribution in [0.4, 0.5) is 5.69 Å². The molecule has 0 radical (unpaired) electrons. The predicted molar refractivity (Wildman–Crippen MR) is 84.7 cm³/mol. The van der Waals surface area contributed by atoms with E-state index in [4.69, 9.17) is 14.6 Å². The van der Waals surface area contributed by atoms with Gasteiger partial charge in [0.1, 0.15) is 5.75 Å². The molecule has 2 rings (SSSR count). The molecule has 22 heavy (non-hydrogen) atoms. The first kappa shape index (κ1) is 16.6. The van der Waals surface area contributed by atoms with Crippen LogP contribution in [0.1, 0.15) is 6.42 Å². The molecule has 6 heteroatoms. The third-order valence-corrected chi connectivity index (χ3v) is 3.81. The summed E-state index contributed by atoms with van der Waals surface area (Å²) in [5.41, 5.74) is 1.14. The Morgan fingerprint density at radius 2 is 1.91 bits per heavy atom. The van der Waals surface area contributed by atoms with Crippen LogP contribution in [0.2, 0.25) is 0 Å². The molecule has 1 heterocycles. The molecule has 0 saturated carbocycles. The van der Waals surface area contributed by atoms with E-state index in [-0.39, 0.29) is 13.0 Å². The molecular weight excluding hydrogens is 284 g/mol. The molecule has 0 amide bonds. The summed E-state index contributed by atoms with van der Waals surface area (Å²) in [6, 6.07) is 8.08. The second kappa shape index (κ2) is 8.60. The van der Waals surface area contributed by atoms with Crippen LogP contribution in [0, 0.1) is 0 Å². The lowest BCUT2D eigenvalue weighted by molar-refractivity contribution is -0.138. The Hall–Kier alpha value is -1.79. The largest absolute Gasteiger partial charge is 0.495 e. The molecule has 0 spiro atoms. The number of piperazine rings is 1. The van der Waals surface area contributed by atoms with E-state index in [1.54, 1.807) is 7.11 Å². The lowest BCUT2D eigenvalue weighted by Crippen LogP contribution is -2.47. The molecule has 1 aromatic carbocycles. The van der Waals surface area contributed by atoms with Gasteiger partial charge in [-0.1, -0.05) is 12.1 Å². The van der Waals surface area contributed by atoms with Crippen molar-refractivity contribution in [2.75, 3.05) is 57.9 Å². The third-order valence-electron chi connectivity index (χ3n) is 3.81. The SMILES string of the molecule is COc1ccccc1N1CCN(CCOCCC(=O)O)CC1. The minimum Gasteiger partial charge on any atom is -0.495 e. The molecule has 0 bridgehead atoms. The van der Waals surface area contributed by atoms with E-state index < -0.39 is 5.97 Å². The Bertz CT molecular complexity index is 473. The standard InChI is InChI=1S/C16H24N2O4/c1-21-15-5-3-2-4-14(15)18-9-7-17(8-10-18)11-13-22-12-6-16(19)20/h2-5H,6-13H2,1H3,(H,19,20). The van der Waals surface area contributed by atoms with Gasteiger partial charge in [0.25, 0.3) is 0 Å². The summed E-state index contributed by atoms with van der Waals surface area (Å²) in [5.74, 6) is 0.0957. The fourth-order valence-electron chi connectivity index (χ4n) is 2.56. The second-order valence-electron chi connectivity index (χ2n) is 5.26. The molecule has 0 aliphatic carbocycles. The van der Waals surface area contributed by atoms with Gasteiger partial charge in [-0.2, -0.15) is 0 Å².